The Morgan fingerprint density at radius 3 is 2.42 bits per heavy atom. The molecule has 0 amide bonds. The SMILES string of the molecule is Cn1c(Oc2ccccc2NCc2ccc(Br)cc2)cc(=O)n(C)c1=O. The van der Waals surface area contributed by atoms with Crippen molar-refractivity contribution in [2.75, 3.05) is 5.32 Å². The van der Waals surface area contributed by atoms with Crippen LogP contribution in [0.4, 0.5) is 5.69 Å². The smallest absolute Gasteiger partial charge is 0.333 e. The van der Waals surface area contributed by atoms with E-state index in [1.54, 1.807) is 13.1 Å². The minimum absolute atomic E-state index is 0.191. The molecule has 3 aromatic rings. The summed E-state index contributed by atoms with van der Waals surface area (Å²) in [6.07, 6.45) is 0. The molecule has 1 aromatic heterocycles. The van der Waals surface area contributed by atoms with Gasteiger partial charge in [-0.2, -0.15) is 0 Å². The van der Waals surface area contributed by atoms with E-state index >= 15 is 0 Å². The number of ether oxygens (including phenoxy) is 1. The van der Waals surface area contributed by atoms with Crippen molar-refractivity contribution in [3.05, 3.63) is 85.5 Å². The van der Waals surface area contributed by atoms with E-state index in [-0.39, 0.29) is 5.88 Å². The number of para-hydroxylation sites is 2. The third-order valence-electron chi connectivity index (χ3n) is 3.98. The molecule has 1 heterocycles. The Bertz CT molecular complexity index is 1040. The number of benzene rings is 2. The second-order valence-electron chi connectivity index (χ2n) is 5.80. The van der Waals surface area contributed by atoms with Crippen molar-refractivity contribution in [1.82, 2.24) is 9.13 Å². The van der Waals surface area contributed by atoms with Crippen molar-refractivity contribution >= 4 is 21.6 Å². The number of halogens is 1. The summed E-state index contributed by atoms with van der Waals surface area (Å²) in [6, 6.07) is 16.7. The lowest BCUT2D eigenvalue weighted by atomic mass is 10.2. The van der Waals surface area contributed by atoms with E-state index in [0.29, 0.717) is 12.3 Å². The van der Waals surface area contributed by atoms with Gasteiger partial charge in [-0.05, 0) is 29.8 Å². The Morgan fingerprint density at radius 2 is 1.69 bits per heavy atom. The first-order valence-electron chi connectivity index (χ1n) is 7.98. The summed E-state index contributed by atoms with van der Waals surface area (Å²) in [4.78, 5) is 23.9. The fraction of sp³-hybridized carbons (Fsp3) is 0.158. The second-order valence-corrected chi connectivity index (χ2v) is 6.72. The molecule has 0 aliphatic heterocycles. The highest BCUT2D eigenvalue weighted by Gasteiger charge is 2.10. The predicted molar refractivity (Wildman–Crippen MR) is 105 cm³/mol. The van der Waals surface area contributed by atoms with Gasteiger partial charge in [-0.25, -0.2) is 4.79 Å². The Hall–Kier alpha value is -2.80. The number of nitrogens with one attached hydrogen (secondary N) is 1. The standard InChI is InChI=1S/C19H18BrN3O3/c1-22-17(24)11-18(23(2)19(22)25)26-16-6-4-3-5-15(16)21-12-13-7-9-14(20)10-8-13/h3-11,21H,12H2,1-2H3. The third kappa shape index (κ3) is 3.88. The minimum Gasteiger partial charge on any atom is -0.438 e. The van der Waals surface area contributed by atoms with Crippen molar-refractivity contribution in [3.63, 3.8) is 0 Å². The molecule has 134 valence electrons. The molecule has 0 radical (unpaired) electrons. The van der Waals surface area contributed by atoms with Crippen molar-refractivity contribution in [2.24, 2.45) is 14.1 Å². The molecule has 1 N–H and O–H groups in total. The Labute approximate surface area is 158 Å². The van der Waals surface area contributed by atoms with Gasteiger partial charge in [0.15, 0.2) is 5.75 Å². The summed E-state index contributed by atoms with van der Waals surface area (Å²) in [6.45, 7) is 0.614. The van der Waals surface area contributed by atoms with Crippen molar-refractivity contribution < 1.29 is 4.74 Å². The van der Waals surface area contributed by atoms with Crippen LogP contribution in [-0.4, -0.2) is 9.13 Å². The summed E-state index contributed by atoms with van der Waals surface area (Å²) in [5.41, 5.74) is 1.03. The molecule has 0 atom stereocenters. The third-order valence-corrected chi connectivity index (χ3v) is 4.51. The van der Waals surface area contributed by atoms with Crippen LogP contribution in [0.1, 0.15) is 5.56 Å². The van der Waals surface area contributed by atoms with Crippen LogP contribution in [0.3, 0.4) is 0 Å². The molecule has 26 heavy (non-hydrogen) atoms. The summed E-state index contributed by atoms with van der Waals surface area (Å²) in [5, 5.41) is 3.32. The molecule has 0 aliphatic carbocycles. The average molecular weight is 416 g/mol. The molecule has 0 aliphatic rings. The zero-order chi connectivity index (χ0) is 18.7. The van der Waals surface area contributed by atoms with E-state index in [4.69, 9.17) is 4.74 Å². The highest BCUT2D eigenvalue weighted by Crippen LogP contribution is 2.28. The van der Waals surface area contributed by atoms with Crippen LogP contribution >= 0.6 is 15.9 Å². The molecular weight excluding hydrogens is 398 g/mol. The Balaban J connectivity index is 1.85. The topological polar surface area (TPSA) is 65.3 Å². The fourth-order valence-electron chi connectivity index (χ4n) is 2.42. The lowest BCUT2D eigenvalue weighted by Crippen LogP contribution is -2.36. The number of nitrogens with zero attached hydrogens (tertiary/aromatic N) is 2. The molecule has 6 nitrogen and oxygen atoms in total. The monoisotopic (exact) mass is 415 g/mol. The number of hydrogen-bond donors (Lipinski definition) is 1. The first kappa shape index (κ1) is 18.0. The van der Waals surface area contributed by atoms with Crippen molar-refractivity contribution in [2.45, 2.75) is 6.54 Å². The summed E-state index contributed by atoms with van der Waals surface area (Å²) < 4.78 is 9.20. The first-order valence-corrected chi connectivity index (χ1v) is 8.77. The molecular formula is C19H18BrN3O3. The lowest BCUT2D eigenvalue weighted by molar-refractivity contribution is 0.425. The number of anilines is 1. The first-order chi connectivity index (χ1) is 12.5. The second kappa shape index (κ2) is 7.61. The number of hydrogen-bond acceptors (Lipinski definition) is 4. The van der Waals surface area contributed by atoms with Crippen LogP contribution in [0.2, 0.25) is 0 Å². The van der Waals surface area contributed by atoms with Crippen molar-refractivity contribution in [3.8, 4) is 11.6 Å². The van der Waals surface area contributed by atoms with Gasteiger partial charge in [0.2, 0.25) is 5.88 Å². The molecule has 0 saturated heterocycles. The van der Waals surface area contributed by atoms with Crippen LogP contribution in [0.25, 0.3) is 0 Å². The molecule has 0 saturated carbocycles. The van der Waals surface area contributed by atoms with Gasteiger partial charge in [-0.3, -0.25) is 13.9 Å². The Morgan fingerprint density at radius 1 is 1.00 bits per heavy atom. The van der Waals surface area contributed by atoms with Gasteiger partial charge >= 0.3 is 5.69 Å². The van der Waals surface area contributed by atoms with Crippen LogP contribution in [-0.2, 0) is 20.6 Å². The quantitative estimate of drug-likeness (QED) is 0.694. The Kier molecular flexibility index (Phi) is 5.27. The molecule has 7 heteroatoms. The highest BCUT2D eigenvalue weighted by atomic mass is 79.9. The largest absolute Gasteiger partial charge is 0.438 e. The van der Waals surface area contributed by atoms with E-state index in [0.717, 1.165) is 20.3 Å². The molecule has 2 aromatic carbocycles. The maximum Gasteiger partial charge on any atom is 0.333 e. The molecule has 0 spiro atoms. The van der Waals surface area contributed by atoms with Crippen LogP contribution in [0.5, 0.6) is 11.6 Å². The molecule has 3 rings (SSSR count). The predicted octanol–water partition coefficient (Wildman–Crippen LogP) is 3.25. The molecule has 0 bridgehead atoms. The highest BCUT2D eigenvalue weighted by molar-refractivity contribution is 9.10. The van der Waals surface area contributed by atoms with Gasteiger partial charge in [-0.15, -0.1) is 0 Å². The van der Waals surface area contributed by atoms with E-state index in [1.165, 1.54) is 17.7 Å². The maximum absolute atomic E-state index is 12.1. The molecule has 0 fully saturated rings. The lowest BCUT2D eigenvalue weighted by Gasteiger charge is -2.15. The zero-order valence-electron chi connectivity index (χ0n) is 14.4. The maximum atomic E-state index is 12.1. The minimum atomic E-state index is -0.437. The molecule has 0 unspecified atom stereocenters. The number of rotatable bonds is 5. The van der Waals surface area contributed by atoms with E-state index in [9.17, 15) is 9.59 Å². The fourth-order valence-corrected chi connectivity index (χ4v) is 2.69. The van der Waals surface area contributed by atoms with Gasteiger partial charge < -0.3 is 10.1 Å². The van der Waals surface area contributed by atoms with E-state index < -0.39 is 11.2 Å². The van der Waals surface area contributed by atoms with Gasteiger partial charge in [0, 0.05) is 25.1 Å². The van der Waals surface area contributed by atoms with Crippen LogP contribution in [0, 0.1) is 0 Å². The van der Waals surface area contributed by atoms with Crippen molar-refractivity contribution in [1.29, 1.82) is 0 Å². The van der Waals surface area contributed by atoms with E-state index in [2.05, 4.69) is 21.2 Å². The summed E-state index contributed by atoms with van der Waals surface area (Å²) in [7, 11) is 3.00. The normalized spacial score (nSPS) is 10.6. The van der Waals surface area contributed by atoms with Crippen LogP contribution < -0.4 is 21.3 Å². The average Bonchev–Trinajstić information content (AvgIpc) is 2.65. The zero-order valence-corrected chi connectivity index (χ0v) is 16.0. The van der Waals surface area contributed by atoms with Gasteiger partial charge in [-0.1, -0.05) is 40.2 Å². The number of aromatic nitrogens is 2. The van der Waals surface area contributed by atoms with E-state index in [1.807, 2.05) is 42.5 Å². The summed E-state index contributed by atoms with van der Waals surface area (Å²) >= 11 is 3.42. The van der Waals surface area contributed by atoms with Gasteiger partial charge in [0.25, 0.3) is 5.56 Å². The van der Waals surface area contributed by atoms with Gasteiger partial charge in [0.1, 0.15) is 0 Å². The van der Waals surface area contributed by atoms with Gasteiger partial charge in [0.05, 0.1) is 11.8 Å². The summed E-state index contributed by atoms with van der Waals surface area (Å²) in [5.74, 6) is 0.726. The van der Waals surface area contributed by atoms with Crippen LogP contribution in [0.15, 0.2) is 68.7 Å².